The third kappa shape index (κ3) is 1.28. The fourth-order valence-electron chi connectivity index (χ4n) is 1.34. The molecule has 74 valence electrons. The van der Waals surface area contributed by atoms with Crippen LogP contribution in [0, 0.1) is 6.92 Å². The van der Waals surface area contributed by atoms with Gasteiger partial charge in [-0.15, -0.1) is 0 Å². The van der Waals surface area contributed by atoms with Crippen LogP contribution >= 0.6 is 11.5 Å². The number of aryl methyl sites for hydroxylation is 1. The predicted octanol–water partition coefficient (Wildman–Crippen LogP) is 2.28. The second-order valence-corrected chi connectivity index (χ2v) is 4.20. The van der Waals surface area contributed by atoms with Gasteiger partial charge in [-0.2, -0.15) is 3.96 Å². The number of fused-ring (bicyclic) bond motifs is 1. The standard InChI is InChI=1S/C10H9NO2S.H2/c1-6-3-4-8-9(5-6)14-11(7(2)12)10(8)13;/h3-5H,1-2H3;1H. The predicted molar refractivity (Wildman–Crippen MR) is 59.2 cm³/mol. The first-order valence-corrected chi connectivity index (χ1v) is 5.00. The molecule has 1 aromatic heterocycles. The van der Waals surface area contributed by atoms with Crippen molar-refractivity contribution in [2.75, 3.05) is 0 Å². The molecule has 14 heavy (non-hydrogen) atoms. The summed E-state index contributed by atoms with van der Waals surface area (Å²) in [5.74, 6) is -0.228. The summed E-state index contributed by atoms with van der Waals surface area (Å²) in [5.41, 5.74) is 0.881. The Morgan fingerprint density at radius 3 is 2.86 bits per heavy atom. The van der Waals surface area contributed by atoms with Crippen LogP contribution in [0.15, 0.2) is 23.0 Å². The summed E-state index contributed by atoms with van der Waals surface area (Å²) in [5, 5.41) is 0.621. The van der Waals surface area contributed by atoms with Crippen molar-refractivity contribution in [2.24, 2.45) is 0 Å². The van der Waals surface area contributed by atoms with E-state index < -0.39 is 0 Å². The van der Waals surface area contributed by atoms with Crippen molar-refractivity contribution in [3.05, 3.63) is 34.1 Å². The van der Waals surface area contributed by atoms with E-state index in [1.54, 1.807) is 6.07 Å². The minimum atomic E-state index is -0.228. The smallest absolute Gasteiger partial charge is 0.273 e. The molecule has 0 unspecified atom stereocenters. The molecule has 0 amide bonds. The van der Waals surface area contributed by atoms with Gasteiger partial charge >= 0.3 is 0 Å². The summed E-state index contributed by atoms with van der Waals surface area (Å²) >= 11 is 1.20. The number of aromatic nitrogens is 1. The Balaban J connectivity index is 0.00000112. The van der Waals surface area contributed by atoms with Crippen molar-refractivity contribution in [1.82, 2.24) is 3.96 Å². The Bertz CT molecular complexity index is 570. The van der Waals surface area contributed by atoms with E-state index in [2.05, 4.69) is 0 Å². The van der Waals surface area contributed by atoms with E-state index in [9.17, 15) is 9.59 Å². The molecule has 1 aromatic carbocycles. The average Bonchev–Trinajstić information content (AvgIpc) is 2.43. The minimum absolute atomic E-state index is 0. The van der Waals surface area contributed by atoms with E-state index in [1.165, 1.54) is 22.4 Å². The van der Waals surface area contributed by atoms with Gasteiger partial charge < -0.3 is 0 Å². The van der Waals surface area contributed by atoms with Crippen molar-refractivity contribution >= 4 is 27.5 Å². The van der Waals surface area contributed by atoms with E-state index in [0.717, 1.165) is 10.3 Å². The van der Waals surface area contributed by atoms with E-state index in [4.69, 9.17) is 0 Å². The average molecular weight is 209 g/mol. The van der Waals surface area contributed by atoms with Crippen molar-refractivity contribution in [3.63, 3.8) is 0 Å². The Morgan fingerprint density at radius 2 is 2.21 bits per heavy atom. The first kappa shape index (κ1) is 9.15. The van der Waals surface area contributed by atoms with Gasteiger partial charge in [0.25, 0.3) is 5.56 Å². The molecule has 0 aliphatic rings. The fraction of sp³-hybridized carbons (Fsp3) is 0.200. The van der Waals surface area contributed by atoms with Crippen LogP contribution in [0.1, 0.15) is 18.7 Å². The molecule has 0 saturated heterocycles. The zero-order chi connectivity index (χ0) is 10.3. The fourth-order valence-corrected chi connectivity index (χ4v) is 2.34. The van der Waals surface area contributed by atoms with E-state index >= 15 is 0 Å². The Kier molecular flexibility index (Phi) is 2.00. The van der Waals surface area contributed by atoms with Crippen LogP contribution < -0.4 is 5.56 Å². The van der Waals surface area contributed by atoms with Crippen LogP contribution in [-0.4, -0.2) is 9.86 Å². The lowest BCUT2D eigenvalue weighted by Gasteiger charge is -1.88. The molecule has 2 rings (SSSR count). The topological polar surface area (TPSA) is 39.1 Å². The molecule has 0 aliphatic heterocycles. The van der Waals surface area contributed by atoms with Crippen LogP contribution in [0.3, 0.4) is 0 Å². The Labute approximate surface area is 86.2 Å². The van der Waals surface area contributed by atoms with Gasteiger partial charge in [-0.05, 0) is 36.2 Å². The summed E-state index contributed by atoms with van der Waals surface area (Å²) < 4.78 is 2.05. The Morgan fingerprint density at radius 1 is 1.50 bits per heavy atom. The number of benzene rings is 1. The highest BCUT2D eigenvalue weighted by molar-refractivity contribution is 7.14. The molecule has 4 heteroatoms. The minimum Gasteiger partial charge on any atom is -0.273 e. The summed E-state index contributed by atoms with van der Waals surface area (Å²) in [6.07, 6.45) is 0. The number of carbonyl (C=O) groups is 1. The third-order valence-electron chi connectivity index (χ3n) is 2.03. The van der Waals surface area contributed by atoms with Crippen molar-refractivity contribution in [3.8, 4) is 0 Å². The molecular weight excluding hydrogens is 198 g/mol. The maximum atomic E-state index is 11.6. The molecular formula is C10H11NO2S. The quantitative estimate of drug-likeness (QED) is 0.667. The molecule has 0 radical (unpaired) electrons. The van der Waals surface area contributed by atoms with Gasteiger partial charge in [-0.25, -0.2) is 0 Å². The lowest BCUT2D eigenvalue weighted by molar-refractivity contribution is 0.0946. The third-order valence-corrected chi connectivity index (χ3v) is 3.17. The van der Waals surface area contributed by atoms with Crippen LogP contribution in [0.2, 0.25) is 0 Å². The van der Waals surface area contributed by atoms with Gasteiger partial charge in [0.2, 0.25) is 5.91 Å². The van der Waals surface area contributed by atoms with E-state index in [0.29, 0.717) is 5.39 Å². The highest BCUT2D eigenvalue weighted by atomic mass is 32.1. The van der Waals surface area contributed by atoms with Crippen molar-refractivity contribution < 1.29 is 6.22 Å². The molecule has 1 heterocycles. The molecule has 0 atom stereocenters. The number of carbonyl (C=O) groups excluding carboxylic acids is 1. The van der Waals surface area contributed by atoms with Crippen molar-refractivity contribution in [1.29, 1.82) is 0 Å². The molecule has 0 saturated carbocycles. The summed E-state index contributed by atoms with van der Waals surface area (Å²) in [6, 6.07) is 5.56. The number of nitrogens with zero attached hydrogens (tertiary/aromatic N) is 1. The second kappa shape index (κ2) is 3.06. The van der Waals surface area contributed by atoms with Gasteiger partial charge in [0.15, 0.2) is 0 Å². The molecule has 3 nitrogen and oxygen atoms in total. The summed E-state index contributed by atoms with van der Waals surface area (Å²) in [7, 11) is 0. The van der Waals surface area contributed by atoms with Crippen LogP contribution in [0.5, 0.6) is 0 Å². The van der Waals surface area contributed by atoms with E-state index in [-0.39, 0.29) is 12.9 Å². The first-order chi connectivity index (χ1) is 6.59. The van der Waals surface area contributed by atoms with Crippen LogP contribution in [0.25, 0.3) is 10.1 Å². The van der Waals surface area contributed by atoms with Crippen LogP contribution in [0.4, 0.5) is 0 Å². The van der Waals surface area contributed by atoms with E-state index in [1.807, 2.05) is 19.1 Å². The van der Waals surface area contributed by atoms with Gasteiger partial charge in [0.05, 0.1) is 10.1 Å². The molecule has 0 aliphatic carbocycles. The number of hydrogen-bond donors (Lipinski definition) is 0. The van der Waals surface area contributed by atoms with Crippen molar-refractivity contribution in [2.45, 2.75) is 13.8 Å². The molecule has 0 spiro atoms. The normalized spacial score (nSPS) is 10.7. The lowest BCUT2D eigenvalue weighted by Crippen LogP contribution is -2.17. The Hall–Kier alpha value is -1.42. The SMILES string of the molecule is CC(=O)n1sc2cc(C)ccc2c1=O.[HH]. The summed E-state index contributed by atoms with van der Waals surface area (Å²) in [6.45, 7) is 3.35. The highest BCUT2D eigenvalue weighted by Crippen LogP contribution is 2.17. The molecule has 0 fully saturated rings. The molecule has 0 N–H and O–H groups in total. The molecule has 0 bridgehead atoms. The zero-order valence-corrected chi connectivity index (χ0v) is 8.72. The lowest BCUT2D eigenvalue weighted by atomic mass is 10.2. The maximum absolute atomic E-state index is 11.6. The van der Waals surface area contributed by atoms with Gasteiger partial charge in [-0.3, -0.25) is 9.59 Å². The van der Waals surface area contributed by atoms with Gasteiger partial charge in [-0.1, -0.05) is 6.07 Å². The number of hydrogen-bond acceptors (Lipinski definition) is 3. The van der Waals surface area contributed by atoms with Gasteiger partial charge in [0.1, 0.15) is 0 Å². The van der Waals surface area contributed by atoms with Gasteiger partial charge in [0, 0.05) is 8.35 Å². The first-order valence-electron chi connectivity index (χ1n) is 4.23. The number of rotatable bonds is 0. The second-order valence-electron chi connectivity index (χ2n) is 3.21. The van der Waals surface area contributed by atoms with Crippen LogP contribution in [-0.2, 0) is 0 Å². The zero-order valence-electron chi connectivity index (χ0n) is 7.90. The highest BCUT2D eigenvalue weighted by Gasteiger charge is 2.09. The maximum Gasteiger partial charge on any atom is 0.275 e. The largest absolute Gasteiger partial charge is 0.275 e. The molecule has 2 aromatic rings. The summed E-state index contributed by atoms with van der Waals surface area (Å²) in [4.78, 5) is 22.7. The monoisotopic (exact) mass is 209 g/mol.